The lowest BCUT2D eigenvalue weighted by Crippen LogP contribution is -2.64. The number of nitrogens with one attached hydrogen (secondary N) is 1. The molecule has 37 heavy (non-hydrogen) atoms. The maximum absolute atomic E-state index is 14.2. The zero-order chi connectivity index (χ0) is 26.6. The first-order valence-corrected chi connectivity index (χ1v) is 11.6. The van der Waals surface area contributed by atoms with Crippen LogP contribution in [0, 0.1) is 17.5 Å². The van der Waals surface area contributed by atoms with Crippen LogP contribution in [0.25, 0.3) is 0 Å². The standard InChI is InChI=1S/C26H23F3N4O4/c1-4-31-25(36)21-23(37-3)22(34)18(24(35)30-11-14-5-7-17(28)10-20(14)29)13-32(21)33-12-15-6-8-16(27)9-19(15)26(31,33)2/h5-10,13H,4,11-12H2,1-3H3,(H,30,35)/t26-/m0/s1. The second kappa shape index (κ2) is 8.68. The average Bonchev–Trinajstić information content (AvgIpc) is 3.15. The molecule has 11 heteroatoms. The average molecular weight is 512 g/mol. The van der Waals surface area contributed by atoms with Gasteiger partial charge < -0.3 is 15.0 Å². The Morgan fingerprint density at radius 2 is 1.81 bits per heavy atom. The van der Waals surface area contributed by atoms with Gasteiger partial charge in [-0.25, -0.2) is 13.2 Å². The van der Waals surface area contributed by atoms with Crippen LogP contribution in [0.1, 0.15) is 51.4 Å². The van der Waals surface area contributed by atoms with E-state index in [1.165, 1.54) is 41.1 Å². The molecule has 1 aromatic heterocycles. The van der Waals surface area contributed by atoms with Crippen molar-refractivity contribution in [2.75, 3.05) is 18.7 Å². The number of hydrogen-bond acceptors (Lipinski definition) is 5. The third-order valence-corrected chi connectivity index (χ3v) is 7.00. The van der Waals surface area contributed by atoms with Gasteiger partial charge in [0.15, 0.2) is 17.1 Å². The third-order valence-electron chi connectivity index (χ3n) is 7.00. The number of aromatic nitrogens is 1. The smallest absolute Gasteiger partial charge is 0.278 e. The van der Waals surface area contributed by atoms with E-state index in [1.54, 1.807) is 24.9 Å². The molecule has 0 saturated heterocycles. The molecule has 3 aromatic rings. The van der Waals surface area contributed by atoms with E-state index in [0.29, 0.717) is 11.6 Å². The van der Waals surface area contributed by atoms with Crippen molar-refractivity contribution in [1.82, 2.24) is 14.9 Å². The SMILES string of the molecule is CCN1C(=O)c2c(OC)c(=O)c(C(=O)NCc3ccc(F)cc3F)cn2N2Cc3ccc(F)cc3[C@@]12C. The molecule has 0 unspecified atom stereocenters. The number of fused-ring (bicyclic) bond motifs is 5. The van der Waals surface area contributed by atoms with Gasteiger partial charge in [0.1, 0.15) is 23.0 Å². The summed E-state index contributed by atoms with van der Waals surface area (Å²) in [6.07, 6.45) is 1.24. The number of rotatable bonds is 5. The molecule has 0 aliphatic carbocycles. The Bertz CT molecular complexity index is 1520. The van der Waals surface area contributed by atoms with Gasteiger partial charge in [0.2, 0.25) is 5.43 Å². The summed E-state index contributed by atoms with van der Waals surface area (Å²) in [6, 6.07) is 7.28. The fourth-order valence-electron chi connectivity index (χ4n) is 5.18. The number of carbonyl (C=O) groups excluding carboxylic acids is 2. The Morgan fingerprint density at radius 1 is 1.11 bits per heavy atom. The normalized spacial score (nSPS) is 17.8. The fourth-order valence-corrected chi connectivity index (χ4v) is 5.18. The number of methoxy groups -OCH3 is 1. The first-order valence-electron chi connectivity index (χ1n) is 11.6. The quantitative estimate of drug-likeness (QED) is 0.569. The zero-order valence-corrected chi connectivity index (χ0v) is 20.3. The predicted octanol–water partition coefficient (Wildman–Crippen LogP) is 3.00. The second-order valence-corrected chi connectivity index (χ2v) is 8.95. The van der Waals surface area contributed by atoms with Crippen LogP contribution in [-0.2, 0) is 18.8 Å². The van der Waals surface area contributed by atoms with E-state index in [1.807, 2.05) is 0 Å². The van der Waals surface area contributed by atoms with Gasteiger partial charge in [-0.1, -0.05) is 12.1 Å². The molecule has 0 spiro atoms. The third kappa shape index (κ3) is 3.56. The Balaban J connectivity index is 1.61. The summed E-state index contributed by atoms with van der Waals surface area (Å²) in [5.74, 6) is -3.74. The van der Waals surface area contributed by atoms with Gasteiger partial charge in [-0.3, -0.25) is 24.1 Å². The maximum Gasteiger partial charge on any atom is 0.278 e. The largest absolute Gasteiger partial charge is 0.491 e. The molecule has 2 aliphatic rings. The molecule has 0 bridgehead atoms. The van der Waals surface area contributed by atoms with Crippen molar-refractivity contribution in [3.8, 4) is 5.75 Å². The first-order chi connectivity index (χ1) is 17.6. The molecule has 2 aliphatic heterocycles. The zero-order valence-electron chi connectivity index (χ0n) is 20.3. The molecule has 0 saturated carbocycles. The number of benzene rings is 2. The Labute approximate surface area is 209 Å². The molecule has 1 atom stereocenters. The topological polar surface area (TPSA) is 83.9 Å². The lowest BCUT2D eigenvalue weighted by atomic mass is 9.96. The monoisotopic (exact) mass is 512 g/mol. The Kier molecular flexibility index (Phi) is 5.73. The number of carbonyl (C=O) groups is 2. The van der Waals surface area contributed by atoms with Crippen molar-refractivity contribution < 1.29 is 27.5 Å². The minimum Gasteiger partial charge on any atom is -0.491 e. The summed E-state index contributed by atoms with van der Waals surface area (Å²) in [5.41, 5.74) is -0.949. The number of pyridine rings is 1. The van der Waals surface area contributed by atoms with Gasteiger partial charge >= 0.3 is 0 Å². The minimum atomic E-state index is -1.11. The van der Waals surface area contributed by atoms with Crippen LogP contribution in [0.2, 0.25) is 0 Å². The summed E-state index contributed by atoms with van der Waals surface area (Å²) in [6.45, 7) is 3.75. The van der Waals surface area contributed by atoms with E-state index in [0.717, 1.165) is 11.6 Å². The van der Waals surface area contributed by atoms with E-state index < -0.39 is 40.4 Å². The maximum atomic E-state index is 14.2. The number of hydrogen-bond donors (Lipinski definition) is 1. The van der Waals surface area contributed by atoms with Gasteiger partial charge in [0, 0.05) is 36.5 Å². The second-order valence-electron chi connectivity index (χ2n) is 8.95. The molecular formula is C26H23F3N4O4. The summed E-state index contributed by atoms with van der Waals surface area (Å²) < 4.78 is 48.2. The van der Waals surface area contributed by atoms with Crippen LogP contribution in [0.3, 0.4) is 0 Å². The number of amides is 2. The van der Waals surface area contributed by atoms with Crippen LogP contribution in [0.5, 0.6) is 5.75 Å². The van der Waals surface area contributed by atoms with Gasteiger partial charge in [-0.05, 0) is 37.6 Å². The van der Waals surface area contributed by atoms with Crippen LogP contribution >= 0.6 is 0 Å². The van der Waals surface area contributed by atoms with E-state index in [9.17, 15) is 27.6 Å². The van der Waals surface area contributed by atoms with Crippen LogP contribution in [0.4, 0.5) is 13.2 Å². The fraction of sp³-hybridized carbons (Fsp3) is 0.269. The van der Waals surface area contributed by atoms with Gasteiger partial charge in [0.05, 0.1) is 13.7 Å². The molecule has 192 valence electrons. The summed E-state index contributed by atoms with van der Waals surface area (Å²) in [4.78, 5) is 41.5. The highest BCUT2D eigenvalue weighted by molar-refractivity contribution is 6.00. The lowest BCUT2D eigenvalue weighted by molar-refractivity contribution is 0.0353. The van der Waals surface area contributed by atoms with E-state index in [-0.39, 0.29) is 42.2 Å². The molecule has 2 aromatic carbocycles. The molecule has 3 heterocycles. The van der Waals surface area contributed by atoms with Crippen LogP contribution in [-0.4, -0.2) is 35.0 Å². The summed E-state index contributed by atoms with van der Waals surface area (Å²) in [7, 11) is 1.22. The van der Waals surface area contributed by atoms with Crippen molar-refractivity contribution >= 4 is 11.8 Å². The summed E-state index contributed by atoms with van der Waals surface area (Å²) in [5, 5.41) is 4.23. The molecule has 0 radical (unpaired) electrons. The minimum absolute atomic E-state index is 0.0261. The van der Waals surface area contributed by atoms with E-state index in [2.05, 4.69) is 5.32 Å². The van der Waals surface area contributed by atoms with E-state index in [4.69, 9.17) is 4.74 Å². The van der Waals surface area contributed by atoms with Gasteiger partial charge in [0.25, 0.3) is 11.8 Å². The molecule has 1 N–H and O–H groups in total. The Hall–Kier alpha value is -4.28. The highest BCUT2D eigenvalue weighted by Crippen LogP contribution is 2.45. The van der Waals surface area contributed by atoms with E-state index >= 15 is 0 Å². The van der Waals surface area contributed by atoms with Gasteiger partial charge in [-0.15, -0.1) is 0 Å². The van der Waals surface area contributed by atoms with Crippen LogP contribution in [0.15, 0.2) is 47.4 Å². The summed E-state index contributed by atoms with van der Waals surface area (Å²) >= 11 is 0. The number of halogens is 3. The molecule has 2 amide bonds. The van der Waals surface area contributed by atoms with Crippen LogP contribution < -0.4 is 20.5 Å². The first kappa shape index (κ1) is 24.4. The van der Waals surface area contributed by atoms with Crippen molar-refractivity contribution in [1.29, 1.82) is 0 Å². The van der Waals surface area contributed by atoms with Crippen molar-refractivity contribution in [3.05, 3.63) is 98.2 Å². The molecule has 0 fully saturated rings. The molecule has 8 nitrogen and oxygen atoms in total. The highest BCUT2D eigenvalue weighted by Gasteiger charge is 2.53. The molecular weight excluding hydrogens is 489 g/mol. The highest BCUT2D eigenvalue weighted by atomic mass is 19.1. The van der Waals surface area contributed by atoms with Crippen molar-refractivity contribution in [2.24, 2.45) is 0 Å². The van der Waals surface area contributed by atoms with Gasteiger partial charge in [-0.2, -0.15) is 0 Å². The van der Waals surface area contributed by atoms with Crippen molar-refractivity contribution in [2.45, 2.75) is 32.6 Å². The molecule has 5 rings (SSSR count). The lowest BCUT2D eigenvalue weighted by Gasteiger charge is -2.50. The predicted molar refractivity (Wildman–Crippen MR) is 127 cm³/mol. The Morgan fingerprint density at radius 3 is 2.49 bits per heavy atom. The van der Waals surface area contributed by atoms with Crippen molar-refractivity contribution in [3.63, 3.8) is 0 Å². The number of ether oxygens (including phenoxy) is 1. The number of nitrogens with zero attached hydrogens (tertiary/aromatic N) is 3.